The molecule has 0 amide bonds. The standard InChI is InChI=1S/C9H11ClN4O2.ClH/c1-13-8(14-4-2-3-5(14)11)6(10)7(15)12-9(13)16;/h11H,2-4H2,1H3,(H,12,15,16);1H. The van der Waals surface area contributed by atoms with E-state index in [2.05, 4.69) is 4.98 Å². The van der Waals surface area contributed by atoms with Crippen LogP contribution in [-0.4, -0.2) is 21.9 Å². The lowest BCUT2D eigenvalue weighted by atomic mass is 10.4. The predicted octanol–water partition coefficient (Wildman–Crippen LogP) is 0.726. The number of aromatic amines is 1. The summed E-state index contributed by atoms with van der Waals surface area (Å²) in [5.74, 6) is 0.681. The van der Waals surface area contributed by atoms with E-state index in [9.17, 15) is 9.59 Å². The smallest absolute Gasteiger partial charge is 0.315 e. The minimum absolute atomic E-state index is 0. The molecule has 1 aliphatic rings. The molecular formula is C9H12Cl2N4O2. The Labute approximate surface area is 108 Å². The summed E-state index contributed by atoms with van der Waals surface area (Å²) in [6.45, 7) is 0.606. The van der Waals surface area contributed by atoms with Crippen molar-refractivity contribution in [1.29, 1.82) is 5.41 Å². The normalized spacial score (nSPS) is 14.9. The zero-order valence-electron chi connectivity index (χ0n) is 9.12. The number of hydrogen-bond donors (Lipinski definition) is 2. The van der Waals surface area contributed by atoms with Crippen LogP contribution in [0, 0.1) is 5.41 Å². The van der Waals surface area contributed by atoms with E-state index in [0.29, 0.717) is 24.6 Å². The van der Waals surface area contributed by atoms with Crippen LogP contribution in [0.1, 0.15) is 12.8 Å². The molecule has 0 bridgehead atoms. The molecule has 0 atom stereocenters. The van der Waals surface area contributed by atoms with Crippen molar-refractivity contribution < 1.29 is 0 Å². The minimum Gasteiger partial charge on any atom is -0.315 e. The van der Waals surface area contributed by atoms with Gasteiger partial charge in [-0.15, -0.1) is 12.4 Å². The summed E-state index contributed by atoms with van der Waals surface area (Å²) in [5.41, 5.74) is -1.14. The summed E-state index contributed by atoms with van der Waals surface area (Å²) in [7, 11) is 1.52. The fraction of sp³-hybridized carbons (Fsp3) is 0.444. The summed E-state index contributed by atoms with van der Waals surface area (Å²) >= 11 is 5.87. The van der Waals surface area contributed by atoms with Gasteiger partial charge in [-0.05, 0) is 6.42 Å². The lowest BCUT2D eigenvalue weighted by Crippen LogP contribution is -2.36. The first-order valence-electron chi connectivity index (χ1n) is 4.86. The highest BCUT2D eigenvalue weighted by atomic mass is 35.5. The number of amidine groups is 1. The van der Waals surface area contributed by atoms with E-state index in [1.165, 1.54) is 11.6 Å². The van der Waals surface area contributed by atoms with E-state index in [1.807, 2.05) is 0 Å². The molecule has 8 heteroatoms. The molecule has 0 aliphatic carbocycles. The predicted molar refractivity (Wildman–Crippen MR) is 68.9 cm³/mol. The first kappa shape index (κ1) is 13.8. The Morgan fingerprint density at radius 2 is 2.06 bits per heavy atom. The summed E-state index contributed by atoms with van der Waals surface area (Å²) < 4.78 is 1.25. The Bertz CT molecular complexity index is 529. The van der Waals surface area contributed by atoms with Crippen molar-refractivity contribution in [2.75, 3.05) is 11.4 Å². The third-order valence-electron chi connectivity index (χ3n) is 2.62. The Hall–Kier alpha value is -1.27. The second-order valence-electron chi connectivity index (χ2n) is 3.66. The number of nitrogens with zero attached hydrogens (tertiary/aromatic N) is 2. The summed E-state index contributed by atoms with van der Waals surface area (Å²) in [6, 6.07) is 0. The van der Waals surface area contributed by atoms with Crippen molar-refractivity contribution >= 4 is 35.7 Å². The van der Waals surface area contributed by atoms with E-state index in [1.54, 1.807) is 4.90 Å². The van der Waals surface area contributed by atoms with Crippen LogP contribution < -0.4 is 16.1 Å². The fourth-order valence-corrected chi connectivity index (χ4v) is 2.06. The van der Waals surface area contributed by atoms with Crippen LogP contribution >= 0.6 is 24.0 Å². The van der Waals surface area contributed by atoms with Gasteiger partial charge in [-0.3, -0.25) is 19.8 Å². The molecule has 1 aromatic rings. The SMILES string of the molecule is Cl.Cn1c(N2CCCC2=N)c(Cl)c(=O)[nH]c1=O. The second kappa shape index (κ2) is 4.93. The molecule has 1 saturated heterocycles. The van der Waals surface area contributed by atoms with Crippen LogP contribution in [-0.2, 0) is 7.05 Å². The number of anilines is 1. The highest BCUT2D eigenvalue weighted by molar-refractivity contribution is 6.33. The van der Waals surface area contributed by atoms with Gasteiger partial charge in [0, 0.05) is 20.0 Å². The monoisotopic (exact) mass is 278 g/mol. The Morgan fingerprint density at radius 1 is 1.41 bits per heavy atom. The maximum absolute atomic E-state index is 11.4. The Morgan fingerprint density at radius 3 is 2.59 bits per heavy atom. The van der Waals surface area contributed by atoms with Gasteiger partial charge in [0.2, 0.25) is 0 Å². The van der Waals surface area contributed by atoms with Crippen molar-refractivity contribution in [2.45, 2.75) is 12.8 Å². The molecule has 2 heterocycles. The number of aromatic nitrogens is 2. The van der Waals surface area contributed by atoms with Gasteiger partial charge < -0.3 is 4.90 Å². The lowest BCUT2D eigenvalue weighted by molar-refractivity contribution is 0.780. The van der Waals surface area contributed by atoms with Gasteiger partial charge >= 0.3 is 5.69 Å². The van der Waals surface area contributed by atoms with Crippen molar-refractivity contribution in [2.24, 2.45) is 7.05 Å². The molecule has 0 spiro atoms. The van der Waals surface area contributed by atoms with Crippen molar-refractivity contribution in [1.82, 2.24) is 9.55 Å². The highest BCUT2D eigenvalue weighted by Gasteiger charge is 2.24. The molecule has 0 radical (unpaired) electrons. The average Bonchev–Trinajstić information content (AvgIpc) is 2.63. The van der Waals surface area contributed by atoms with E-state index in [4.69, 9.17) is 17.0 Å². The second-order valence-corrected chi connectivity index (χ2v) is 4.04. The van der Waals surface area contributed by atoms with E-state index in [0.717, 1.165) is 6.42 Å². The van der Waals surface area contributed by atoms with Crippen molar-refractivity contribution in [3.05, 3.63) is 25.9 Å². The maximum Gasteiger partial charge on any atom is 0.329 e. The third-order valence-corrected chi connectivity index (χ3v) is 2.96. The maximum atomic E-state index is 11.4. The first-order chi connectivity index (χ1) is 7.52. The van der Waals surface area contributed by atoms with Gasteiger partial charge in [0.05, 0.1) is 0 Å². The van der Waals surface area contributed by atoms with Crippen LogP contribution in [0.4, 0.5) is 5.82 Å². The number of H-pyrrole nitrogens is 1. The molecule has 1 fully saturated rings. The minimum atomic E-state index is -0.612. The molecule has 1 aliphatic heterocycles. The molecule has 2 rings (SSSR count). The van der Waals surface area contributed by atoms with E-state index in [-0.39, 0.29) is 17.4 Å². The Kier molecular flexibility index (Phi) is 4.00. The molecule has 1 aromatic heterocycles. The first-order valence-corrected chi connectivity index (χ1v) is 5.24. The molecule has 94 valence electrons. The van der Waals surface area contributed by atoms with Crippen LogP contribution in [0.15, 0.2) is 9.59 Å². The zero-order valence-corrected chi connectivity index (χ0v) is 10.7. The van der Waals surface area contributed by atoms with Gasteiger partial charge in [0.25, 0.3) is 5.56 Å². The summed E-state index contributed by atoms with van der Waals surface area (Å²) in [4.78, 5) is 26.5. The molecule has 0 saturated carbocycles. The molecule has 17 heavy (non-hydrogen) atoms. The van der Waals surface area contributed by atoms with Gasteiger partial charge in [-0.2, -0.15) is 0 Å². The molecule has 0 unspecified atom stereocenters. The molecule has 0 aromatic carbocycles. The quantitative estimate of drug-likeness (QED) is 0.795. The van der Waals surface area contributed by atoms with Gasteiger partial charge in [-0.25, -0.2) is 4.79 Å². The van der Waals surface area contributed by atoms with Gasteiger partial charge in [0.1, 0.15) is 16.7 Å². The Balaban J connectivity index is 0.00000144. The number of rotatable bonds is 1. The van der Waals surface area contributed by atoms with Crippen LogP contribution in [0.3, 0.4) is 0 Å². The van der Waals surface area contributed by atoms with Crippen LogP contribution in [0.5, 0.6) is 0 Å². The fourth-order valence-electron chi connectivity index (χ4n) is 1.79. The molecule has 2 N–H and O–H groups in total. The largest absolute Gasteiger partial charge is 0.329 e. The lowest BCUT2D eigenvalue weighted by Gasteiger charge is -2.21. The van der Waals surface area contributed by atoms with Crippen molar-refractivity contribution in [3.8, 4) is 0 Å². The summed E-state index contributed by atoms with van der Waals surface area (Å²) in [5, 5.41) is 7.67. The van der Waals surface area contributed by atoms with Crippen LogP contribution in [0.2, 0.25) is 5.02 Å². The van der Waals surface area contributed by atoms with Gasteiger partial charge in [-0.1, -0.05) is 11.6 Å². The van der Waals surface area contributed by atoms with E-state index < -0.39 is 11.2 Å². The topological polar surface area (TPSA) is 81.9 Å². The van der Waals surface area contributed by atoms with E-state index >= 15 is 0 Å². The van der Waals surface area contributed by atoms with Crippen molar-refractivity contribution in [3.63, 3.8) is 0 Å². The molecule has 6 nitrogen and oxygen atoms in total. The number of halogens is 2. The summed E-state index contributed by atoms with van der Waals surface area (Å²) in [6.07, 6.45) is 1.47. The molecular weight excluding hydrogens is 267 g/mol. The zero-order chi connectivity index (χ0) is 11.9. The number of hydrogen-bond acceptors (Lipinski definition) is 3. The third kappa shape index (κ3) is 2.23. The number of nitrogens with one attached hydrogen (secondary N) is 2. The average molecular weight is 279 g/mol. The van der Waals surface area contributed by atoms with Gasteiger partial charge in [0.15, 0.2) is 0 Å². The van der Waals surface area contributed by atoms with Crippen LogP contribution in [0.25, 0.3) is 0 Å². The highest BCUT2D eigenvalue weighted by Crippen LogP contribution is 2.24.